The first-order valence-corrected chi connectivity index (χ1v) is 11.1. The topological polar surface area (TPSA) is 68.7 Å². The molecule has 1 unspecified atom stereocenters. The van der Waals surface area contributed by atoms with Gasteiger partial charge in [0.15, 0.2) is 0 Å². The second-order valence-corrected chi connectivity index (χ2v) is 8.59. The Labute approximate surface area is 178 Å². The lowest BCUT2D eigenvalue weighted by Crippen LogP contribution is -2.50. The number of phenolic OH excluding ortho intramolecular Hbond substituents is 1. The molecular formula is C24H32N4O2. The number of carbonyl (C=O) groups is 1. The number of piperidine rings is 2. The largest absolute Gasteiger partial charge is 0.508 e. The van der Waals surface area contributed by atoms with E-state index in [9.17, 15) is 9.90 Å². The summed E-state index contributed by atoms with van der Waals surface area (Å²) < 4.78 is 0. The number of aromatic hydroxyl groups is 1. The lowest BCUT2D eigenvalue weighted by molar-refractivity contribution is -0.127. The molecule has 1 atom stereocenters. The average Bonchev–Trinajstić information content (AvgIpc) is 2.80. The fourth-order valence-electron chi connectivity index (χ4n) is 4.69. The Balaban J connectivity index is 1.23. The molecule has 2 aromatic rings. The lowest BCUT2D eigenvalue weighted by atomic mass is 9.93. The van der Waals surface area contributed by atoms with Crippen molar-refractivity contribution >= 4 is 5.91 Å². The quantitative estimate of drug-likeness (QED) is 0.769. The highest BCUT2D eigenvalue weighted by molar-refractivity contribution is 5.79. The van der Waals surface area contributed by atoms with Gasteiger partial charge in [-0.15, -0.1) is 0 Å². The van der Waals surface area contributed by atoms with E-state index in [0.29, 0.717) is 12.6 Å². The molecule has 0 bridgehead atoms. The van der Waals surface area contributed by atoms with Crippen molar-refractivity contribution in [1.82, 2.24) is 20.1 Å². The molecule has 2 N–H and O–H groups in total. The van der Waals surface area contributed by atoms with Gasteiger partial charge in [0.05, 0.1) is 5.92 Å². The van der Waals surface area contributed by atoms with Crippen LogP contribution in [0.1, 0.15) is 36.8 Å². The Hall–Kier alpha value is -2.44. The zero-order chi connectivity index (χ0) is 20.8. The summed E-state index contributed by atoms with van der Waals surface area (Å²) >= 11 is 0. The van der Waals surface area contributed by atoms with Crippen molar-refractivity contribution < 1.29 is 9.90 Å². The number of phenols is 1. The van der Waals surface area contributed by atoms with Gasteiger partial charge in [0.1, 0.15) is 5.75 Å². The maximum absolute atomic E-state index is 12.7. The smallest absolute Gasteiger partial charge is 0.224 e. The normalized spacial score (nSPS) is 21.4. The Morgan fingerprint density at radius 1 is 1.07 bits per heavy atom. The molecule has 0 radical (unpaired) electrons. The van der Waals surface area contributed by atoms with Gasteiger partial charge in [-0.05, 0) is 74.6 Å². The van der Waals surface area contributed by atoms with Crippen molar-refractivity contribution in [3.05, 3.63) is 59.9 Å². The number of hydrogen-bond donors (Lipinski definition) is 2. The van der Waals surface area contributed by atoms with Crippen LogP contribution in [0.25, 0.3) is 0 Å². The number of pyridine rings is 1. The minimum atomic E-state index is 0.0734. The van der Waals surface area contributed by atoms with E-state index in [1.807, 2.05) is 30.6 Å². The van der Waals surface area contributed by atoms with Crippen LogP contribution in [-0.4, -0.2) is 58.0 Å². The van der Waals surface area contributed by atoms with Crippen molar-refractivity contribution in [1.29, 1.82) is 0 Å². The van der Waals surface area contributed by atoms with E-state index < -0.39 is 0 Å². The SMILES string of the molecule is O=C(NCc1ccc(O)cc1)C1CCCN(C2CCN(Cc3cccnc3)CC2)C1. The van der Waals surface area contributed by atoms with Crippen molar-refractivity contribution in [2.75, 3.05) is 26.2 Å². The summed E-state index contributed by atoms with van der Waals surface area (Å²) in [5.74, 6) is 0.477. The standard InChI is InChI=1S/C24H32N4O2/c29-23-7-5-19(6-8-23)16-26-24(30)21-4-2-12-28(18-21)22-9-13-27(14-10-22)17-20-3-1-11-25-15-20/h1,3,5-8,11,15,21-22,29H,2,4,9-10,12-14,16-18H2,(H,26,30). The second-order valence-electron chi connectivity index (χ2n) is 8.59. The number of rotatable bonds is 6. The Morgan fingerprint density at radius 2 is 1.87 bits per heavy atom. The van der Waals surface area contributed by atoms with E-state index in [2.05, 4.69) is 26.2 Å². The third-order valence-corrected chi connectivity index (χ3v) is 6.43. The summed E-state index contributed by atoms with van der Waals surface area (Å²) in [6.07, 6.45) is 8.18. The van der Waals surface area contributed by atoms with Gasteiger partial charge in [0, 0.05) is 38.1 Å². The molecule has 0 aliphatic carbocycles. The van der Waals surface area contributed by atoms with Crippen LogP contribution >= 0.6 is 0 Å². The summed E-state index contributed by atoms with van der Waals surface area (Å²) in [5.41, 5.74) is 2.29. The van der Waals surface area contributed by atoms with Crippen molar-refractivity contribution in [3.8, 4) is 5.75 Å². The first-order valence-electron chi connectivity index (χ1n) is 11.1. The highest BCUT2D eigenvalue weighted by atomic mass is 16.3. The minimum Gasteiger partial charge on any atom is -0.508 e. The zero-order valence-corrected chi connectivity index (χ0v) is 17.5. The van der Waals surface area contributed by atoms with Crippen LogP contribution in [0, 0.1) is 5.92 Å². The van der Waals surface area contributed by atoms with Gasteiger partial charge in [-0.25, -0.2) is 0 Å². The molecule has 1 amide bonds. The van der Waals surface area contributed by atoms with E-state index in [0.717, 1.165) is 51.1 Å². The molecule has 2 fully saturated rings. The molecule has 6 heteroatoms. The summed E-state index contributed by atoms with van der Waals surface area (Å²) in [5, 5.41) is 12.5. The first kappa shape index (κ1) is 20.8. The molecule has 1 aromatic heterocycles. The van der Waals surface area contributed by atoms with Gasteiger partial charge < -0.3 is 10.4 Å². The van der Waals surface area contributed by atoms with Crippen LogP contribution in [0.5, 0.6) is 5.75 Å². The zero-order valence-electron chi connectivity index (χ0n) is 17.5. The Morgan fingerprint density at radius 3 is 2.60 bits per heavy atom. The van der Waals surface area contributed by atoms with Gasteiger partial charge in [-0.3, -0.25) is 19.6 Å². The average molecular weight is 409 g/mol. The number of amides is 1. The molecule has 2 saturated heterocycles. The summed E-state index contributed by atoms with van der Waals surface area (Å²) in [6.45, 7) is 5.68. The maximum atomic E-state index is 12.7. The van der Waals surface area contributed by atoms with Crippen LogP contribution in [0.4, 0.5) is 0 Å². The monoisotopic (exact) mass is 408 g/mol. The van der Waals surface area contributed by atoms with E-state index in [4.69, 9.17) is 0 Å². The van der Waals surface area contributed by atoms with Gasteiger partial charge in [0.2, 0.25) is 5.91 Å². The molecule has 1 aromatic carbocycles. The number of hydrogen-bond acceptors (Lipinski definition) is 5. The first-order chi connectivity index (χ1) is 14.7. The summed E-state index contributed by atoms with van der Waals surface area (Å²) in [4.78, 5) is 22.0. The molecule has 2 aliphatic heterocycles. The van der Waals surface area contributed by atoms with E-state index in [1.54, 1.807) is 12.1 Å². The van der Waals surface area contributed by atoms with E-state index in [1.165, 1.54) is 18.4 Å². The van der Waals surface area contributed by atoms with Crippen molar-refractivity contribution in [2.24, 2.45) is 5.92 Å². The molecule has 3 heterocycles. The number of carbonyl (C=O) groups excluding carboxylic acids is 1. The minimum absolute atomic E-state index is 0.0734. The molecule has 6 nitrogen and oxygen atoms in total. The molecular weight excluding hydrogens is 376 g/mol. The lowest BCUT2D eigenvalue weighted by Gasteiger charge is -2.42. The fourth-order valence-corrected chi connectivity index (χ4v) is 4.69. The highest BCUT2D eigenvalue weighted by Gasteiger charge is 2.31. The van der Waals surface area contributed by atoms with Crippen LogP contribution in [0.15, 0.2) is 48.8 Å². The van der Waals surface area contributed by atoms with E-state index >= 15 is 0 Å². The number of likely N-dealkylation sites (tertiary alicyclic amines) is 2. The molecule has 4 rings (SSSR count). The third-order valence-electron chi connectivity index (χ3n) is 6.43. The van der Waals surface area contributed by atoms with Crippen molar-refractivity contribution in [3.63, 3.8) is 0 Å². The maximum Gasteiger partial charge on any atom is 0.224 e. The number of aromatic nitrogens is 1. The van der Waals surface area contributed by atoms with Crippen LogP contribution in [-0.2, 0) is 17.9 Å². The Bertz CT molecular complexity index is 804. The van der Waals surface area contributed by atoms with Gasteiger partial charge in [-0.1, -0.05) is 18.2 Å². The van der Waals surface area contributed by atoms with Crippen molar-refractivity contribution in [2.45, 2.75) is 44.8 Å². The molecule has 2 aliphatic rings. The van der Waals surface area contributed by atoms with E-state index in [-0.39, 0.29) is 17.6 Å². The van der Waals surface area contributed by atoms with Gasteiger partial charge in [-0.2, -0.15) is 0 Å². The summed E-state index contributed by atoms with van der Waals surface area (Å²) in [6, 6.07) is 11.7. The van der Waals surface area contributed by atoms with Crippen LogP contribution in [0.2, 0.25) is 0 Å². The predicted molar refractivity (Wildman–Crippen MR) is 117 cm³/mol. The Kier molecular flexibility index (Phi) is 6.97. The van der Waals surface area contributed by atoms with Crippen LogP contribution in [0.3, 0.4) is 0 Å². The highest BCUT2D eigenvalue weighted by Crippen LogP contribution is 2.25. The second kappa shape index (κ2) is 10.0. The number of benzene rings is 1. The number of nitrogens with one attached hydrogen (secondary N) is 1. The molecule has 0 spiro atoms. The third kappa shape index (κ3) is 5.58. The van der Waals surface area contributed by atoms with Gasteiger partial charge in [0.25, 0.3) is 0 Å². The fraction of sp³-hybridized carbons (Fsp3) is 0.500. The number of nitrogens with zero attached hydrogens (tertiary/aromatic N) is 3. The predicted octanol–water partition coefficient (Wildman–Crippen LogP) is 2.78. The summed E-state index contributed by atoms with van der Waals surface area (Å²) in [7, 11) is 0. The molecule has 0 saturated carbocycles. The molecule has 160 valence electrons. The van der Waals surface area contributed by atoms with Crippen LogP contribution < -0.4 is 5.32 Å². The van der Waals surface area contributed by atoms with Gasteiger partial charge >= 0.3 is 0 Å². The molecule has 30 heavy (non-hydrogen) atoms.